The molecule has 0 spiro atoms. The molecule has 25 heavy (non-hydrogen) atoms. The standard InChI is InChI=1S/C17H18N4O3S/c1-11(15(18)22)25-17-20-19-16(12-5-3-6-13(9-12)23-2)21(17)10-14-7-4-8-24-14/h3-9,11H,10H2,1-2H3,(H2,18,22)/t11-/m1/s1. The molecule has 0 saturated heterocycles. The highest BCUT2D eigenvalue weighted by Crippen LogP contribution is 2.29. The van der Waals surface area contributed by atoms with E-state index in [4.69, 9.17) is 14.9 Å². The molecule has 2 aromatic heterocycles. The summed E-state index contributed by atoms with van der Waals surface area (Å²) in [5, 5.41) is 8.71. The molecule has 7 nitrogen and oxygen atoms in total. The van der Waals surface area contributed by atoms with Crippen molar-refractivity contribution in [2.45, 2.75) is 23.9 Å². The highest BCUT2D eigenvalue weighted by molar-refractivity contribution is 8.00. The number of furan rings is 1. The van der Waals surface area contributed by atoms with Gasteiger partial charge >= 0.3 is 0 Å². The third-order valence-electron chi connectivity index (χ3n) is 3.62. The highest BCUT2D eigenvalue weighted by Gasteiger charge is 2.20. The molecule has 1 aromatic carbocycles. The first-order chi connectivity index (χ1) is 12.1. The van der Waals surface area contributed by atoms with Crippen LogP contribution < -0.4 is 10.5 Å². The van der Waals surface area contributed by atoms with Crippen molar-refractivity contribution in [3.63, 3.8) is 0 Å². The zero-order valence-electron chi connectivity index (χ0n) is 13.9. The number of ether oxygens (including phenoxy) is 1. The van der Waals surface area contributed by atoms with Crippen molar-refractivity contribution >= 4 is 17.7 Å². The maximum Gasteiger partial charge on any atom is 0.230 e. The van der Waals surface area contributed by atoms with Gasteiger partial charge in [0.2, 0.25) is 5.91 Å². The zero-order chi connectivity index (χ0) is 17.8. The summed E-state index contributed by atoms with van der Waals surface area (Å²) in [4.78, 5) is 11.4. The van der Waals surface area contributed by atoms with Crippen molar-refractivity contribution in [1.82, 2.24) is 14.8 Å². The Morgan fingerprint density at radius 3 is 2.88 bits per heavy atom. The summed E-state index contributed by atoms with van der Waals surface area (Å²) in [7, 11) is 1.61. The molecule has 1 amide bonds. The number of thioether (sulfide) groups is 1. The minimum atomic E-state index is -0.419. The van der Waals surface area contributed by atoms with Crippen LogP contribution in [0.2, 0.25) is 0 Å². The van der Waals surface area contributed by atoms with Crippen molar-refractivity contribution in [2.24, 2.45) is 5.73 Å². The second-order valence-corrected chi connectivity index (χ2v) is 6.67. The topological polar surface area (TPSA) is 96.2 Å². The van der Waals surface area contributed by atoms with Gasteiger partial charge in [0.25, 0.3) is 0 Å². The fourth-order valence-corrected chi connectivity index (χ4v) is 3.07. The van der Waals surface area contributed by atoms with Crippen LogP contribution in [0.25, 0.3) is 11.4 Å². The molecule has 8 heteroatoms. The molecule has 2 heterocycles. The minimum Gasteiger partial charge on any atom is -0.497 e. The summed E-state index contributed by atoms with van der Waals surface area (Å²) in [5.41, 5.74) is 6.23. The van der Waals surface area contributed by atoms with Gasteiger partial charge in [-0.15, -0.1) is 10.2 Å². The average Bonchev–Trinajstić information content (AvgIpc) is 3.26. The number of nitrogens with two attached hydrogens (primary N) is 1. The van der Waals surface area contributed by atoms with Crippen LogP contribution in [0.1, 0.15) is 12.7 Å². The van der Waals surface area contributed by atoms with Crippen LogP contribution >= 0.6 is 11.8 Å². The number of carbonyl (C=O) groups is 1. The number of carbonyl (C=O) groups excluding carboxylic acids is 1. The van der Waals surface area contributed by atoms with Gasteiger partial charge in [-0.3, -0.25) is 9.36 Å². The van der Waals surface area contributed by atoms with Crippen LogP contribution in [0.15, 0.2) is 52.2 Å². The summed E-state index contributed by atoms with van der Waals surface area (Å²) >= 11 is 1.27. The van der Waals surface area contributed by atoms with E-state index in [0.29, 0.717) is 17.5 Å². The van der Waals surface area contributed by atoms with Gasteiger partial charge in [0.1, 0.15) is 11.5 Å². The quantitative estimate of drug-likeness (QED) is 0.652. The maximum absolute atomic E-state index is 11.4. The largest absolute Gasteiger partial charge is 0.497 e. The molecule has 0 aliphatic rings. The molecule has 0 aliphatic carbocycles. The van der Waals surface area contributed by atoms with Gasteiger partial charge in [-0.1, -0.05) is 23.9 Å². The number of nitrogens with zero attached hydrogens (tertiary/aromatic N) is 3. The average molecular weight is 358 g/mol. The summed E-state index contributed by atoms with van der Waals surface area (Å²) in [6.07, 6.45) is 1.61. The lowest BCUT2D eigenvalue weighted by Gasteiger charge is -2.11. The molecule has 3 aromatic rings. The fourth-order valence-electron chi connectivity index (χ4n) is 2.27. The molecule has 2 N–H and O–H groups in total. The Balaban J connectivity index is 2.01. The zero-order valence-corrected chi connectivity index (χ0v) is 14.7. The number of primary amides is 1. The molecule has 1 atom stereocenters. The van der Waals surface area contributed by atoms with E-state index >= 15 is 0 Å². The second kappa shape index (κ2) is 7.43. The van der Waals surface area contributed by atoms with Crippen LogP contribution in [0.4, 0.5) is 0 Å². The number of benzene rings is 1. The first-order valence-electron chi connectivity index (χ1n) is 7.64. The summed E-state index contributed by atoms with van der Waals surface area (Å²) in [6, 6.07) is 11.3. The molecule has 0 saturated carbocycles. The molecule has 0 bridgehead atoms. The normalized spacial score (nSPS) is 12.1. The van der Waals surface area contributed by atoms with E-state index in [1.807, 2.05) is 41.0 Å². The lowest BCUT2D eigenvalue weighted by Crippen LogP contribution is -2.23. The molecule has 130 valence electrons. The maximum atomic E-state index is 11.4. The minimum absolute atomic E-state index is 0.402. The Hall–Kier alpha value is -2.74. The molecule has 3 rings (SSSR count). The van der Waals surface area contributed by atoms with Crippen molar-refractivity contribution in [3.8, 4) is 17.1 Å². The highest BCUT2D eigenvalue weighted by atomic mass is 32.2. The third-order valence-corrected chi connectivity index (χ3v) is 4.72. The predicted octanol–water partition coefficient (Wildman–Crippen LogP) is 2.56. The molecule has 0 aliphatic heterocycles. The Labute approximate surface area is 149 Å². The number of hydrogen-bond donors (Lipinski definition) is 1. The summed E-state index contributed by atoms with van der Waals surface area (Å²) < 4.78 is 12.6. The lowest BCUT2D eigenvalue weighted by atomic mass is 10.2. The predicted molar refractivity (Wildman–Crippen MR) is 94.3 cm³/mol. The lowest BCUT2D eigenvalue weighted by molar-refractivity contribution is -0.117. The number of rotatable bonds is 7. The van der Waals surface area contributed by atoms with E-state index in [1.165, 1.54) is 11.8 Å². The number of amides is 1. The van der Waals surface area contributed by atoms with Crippen molar-refractivity contribution < 1.29 is 13.9 Å². The smallest absolute Gasteiger partial charge is 0.230 e. The molecule has 0 radical (unpaired) electrons. The fraction of sp³-hybridized carbons (Fsp3) is 0.235. The Morgan fingerprint density at radius 2 is 2.20 bits per heavy atom. The van der Waals surface area contributed by atoms with Crippen LogP contribution in [-0.4, -0.2) is 33.0 Å². The van der Waals surface area contributed by atoms with Gasteiger partial charge in [-0.25, -0.2) is 0 Å². The molecular weight excluding hydrogens is 340 g/mol. The summed E-state index contributed by atoms with van der Waals surface area (Å²) in [5.74, 6) is 1.75. The third kappa shape index (κ3) is 3.85. The van der Waals surface area contributed by atoms with Crippen LogP contribution in [0, 0.1) is 0 Å². The first kappa shape index (κ1) is 17.1. The first-order valence-corrected chi connectivity index (χ1v) is 8.52. The van der Waals surface area contributed by atoms with E-state index in [0.717, 1.165) is 17.1 Å². The van der Waals surface area contributed by atoms with Crippen LogP contribution in [0.3, 0.4) is 0 Å². The van der Waals surface area contributed by atoms with Crippen molar-refractivity contribution in [1.29, 1.82) is 0 Å². The van der Waals surface area contributed by atoms with Crippen molar-refractivity contribution in [3.05, 3.63) is 48.4 Å². The van der Waals surface area contributed by atoms with E-state index in [1.54, 1.807) is 20.3 Å². The molecule has 0 fully saturated rings. The van der Waals surface area contributed by atoms with Gasteiger partial charge in [-0.05, 0) is 31.2 Å². The summed E-state index contributed by atoms with van der Waals surface area (Å²) in [6.45, 7) is 2.19. The Bertz CT molecular complexity index is 861. The van der Waals surface area contributed by atoms with Gasteiger partial charge < -0.3 is 14.9 Å². The second-order valence-electron chi connectivity index (χ2n) is 5.37. The monoisotopic (exact) mass is 358 g/mol. The van der Waals surface area contributed by atoms with Gasteiger partial charge in [0.15, 0.2) is 11.0 Å². The number of aromatic nitrogens is 3. The van der Waals surface area contributed by atoms with E-state index < -0.39 is 11.2 Å². The van der Waals surface area contributed by atoms with Gasteiger partial charge in [0, 0.05) is 5.56 Å². The molecule has 0 unspecified atom stereocenters. The SMILES string of the molecule is COc1cccc(-c2nnc(S[C@H](C)C(N)=O)n2Cc2ccco2)c1. The number of hydrogen-bond acceptors (Lipinski definition) is 6. The van der Waals surface area contributed by atoms with E-state index in [9.17, 15) is 4.79 Å². The van der Waals surface area contributed by atoms with E-state index in [2.05, 4.69) is 10.2 Å². The van der Waals surface area contributed by atoms with Crippen LogP contribution in [0.5, 0.6) is 5.75 Å². The number of methoxy groups -OCH3 is 1. The Kier molecular flexibility index (Phi) is 5.08. The van der Waals surface area contributed by atoms with Gasteiger partial charge in [-0.2, -0.15) is 0 Å². The Morgan fingerprint density at radius 1 is 1.36 bits per heavy atom. The van der Waals surface area contributed by atoms with Crippen LogP contribution in [-0.2, 0) is 11.3 Å². The van der Waals surface area contributed by atoms with E-state index in [-0.39, 0.29) is 0 Å². The van der Waals surface area contributed by atoms with Gasteiger partial charge in [0.05, 0.1) is 25.2 Å². The molecular formula is C17H18N4O3S. The van der Waals surface area contributed by atoms with Crippen molar-refractivity contribution in [2.75, 3.05) is 7.11 Å².